The molecule has 1 saturated heterocycles. The average molecular weight is 721 g/mol. The minimum Gasteiger partial charge on any atom is -0.480 e. The third kappa shape index (κ3) is 26.7. The molecule has 16 nitrogen and oxygen atoms in total. The van der Waals surface area contributed by atoms with Crippen LogP contribution in [0.5, 0.6) is 0 Å². The number of unbranched alkanes of at least 4 members (excludes halogenated alkanes) is 11. The highest BCUT2D eigenvalue weighted by Crippen LogP contribution is 2.18. The van der Waals surface area contributed by atoms with Gasteiger partial charge < -0.3 is 45.2 Å². The minimum absolute atomic E-state index is 0.0221. The molecule has 1 rings (SSSR count). The second kappa shape index (κ2) is 29.6. The van der Waals surface area contributed by atoms with Gasteiger partial charge in [-0.15, -0.1) is 0 Å². The Morgan fingerprint density at radius 1 is 0.700 bits per heavy atom. The standard InChI is InChI=1S/C24H44O6.C10H16N2O8/c1-2-3-4-5-6-7-8-9-10-11-12-13-14-15-16-17-22(27)29-19-21(26)24-23(28)20(25)18-30-24;13-7(14)3-11(4-8(15)16)1-2-12(5-9(17)18)6-10(19)20/h9-10,20-21,23-26,28H,2-8,11-19H2,1H3;1-6H2,(H,13,14)(H,15,16)(H,17,18)(H,19,20)/b10-9-;/t20-,21+,23+,24+;/m0./s1. The Balaban J connectivity index is 0.00000105. The number of carboxylic acids is 4. The first-order chi connectivity index (χ1) is 23.8. The maximum Gasteiger partial charge on any atom is 0.317 e. The van der Waals surface area contributed by atoms with Crippen LogP contribution in [0.3, 0.4) is 0 Å². The van der Waals surface area contributed by atoms with Gasteiger partial charge in [-0.1, -0.05) is 70.4 Å². The zero-order chi connectivity index (χ0) is 37.7. The summed E-state index contributed by atoms with van der Waals surface area (Å²) in [6.45, 7) is -0.248. The van der Waals surface area contributed by atoms with Gasteiger partial charge in [0.25, 0.3) is 0 Å². The van der Waals surface area contributed by atoms with Crippen LogP contribution in [0.2, 0.25) is 0 Å². The summed E-state index contributed by atoms with van der Waals surface area (Å²) in [7, 11) is 0. The summed E-state index contributed by atoms with van der Waals surface area (Å²) < 4.78 is 10.2. The number of aliphatic carboxylic acids is 4. The summed E-state index contributed by atoms with van der Waals surface area (Å²) in [5, 5.41) is 63.4. The molecule has 1 fully saturated rings. The van der Waals surface area contributed by atoms with Crippen molar-refractivity contribution >= 4 is 29.8 Å². The van der Waals surface area contributed by atoms with Crippen molar-refractivity contribution in [3.63, 3.8) is 0 Å². The third-order valence-electron chi connectivity index (χ3n) is 7.80. The van der Waals surface area contributed by atoms with Crippen molar-refractivity contribution in [2.45, 2.75) is 121 Å². The molecule has 7 N–H and O–H groups in total. The van der Waals surface area contributed by atoms with Gasteiger partial charge in [0.2, 0.25) is 0 Å². The maximum absolute atomic E-state index is 11.7. The highest BCUT2D eigenvalue weighted by molar-refractivity contribution is 5.73. The first kappa shape index (κ1) is 46.9. The number of carbonyl (C=O) groups is 5. The number of esters is 1. The molecular weight excluding hydrogens is 660 g/mol. The van der Waals surface area contributed by atoms with E-state index in [1.807, 2.05) is 0 Å². The third-order valence-corrected chi connectivity index (χ3v) is 7.80. The first-order valence-corrected chi connectivity index (χ1v) is 17.5. The lowest BCUT2D eigenvalue weighted by Crippen LogP contribution is -2.43. The van der Waals surface area contributed by atoms with Gasteiger partial charge >= 0.3 is 29.8 Å². The van der Waals surface area contributed by atoms with Gasteiger partial charge in [-0.2, -0.15) is 0 Å². The molecule has 0 aromatic heterocycles. The fourth-order valence-electron chi connectivity index (χ4n) is 5.13. The molecule has 0 radical (unpaired) electrons. The van der Waals surface area contributed by atoms with Crippen LogP contribution in [0, 0.1) is 0 Å². The predicted octanol–water partition coefficient (Wildman–Crippen LogP) is 1.98. The molecule has 0 aliphatic carbocycles. The zero-order valence-electron chi connectivity index (χ0n) is 29.4. The Bertz CT molecular complexity index is 927. The lowest BCUT2D eigenvalue weighted by molar-refractivity contribution is -0.151. The molecule has 50 heavy (non-hydrogen) atoms. The lowest BCUT2D eigenvalue weighted by Gasteiger charge is -2.23. The average Bonchev–Trinajstić information content (AvgIpc) is 3.37. The number of rotatable bonds is 29. The Labute approximate surface area is 294 Å². The van der Waals surface area contributed by atoms with E-state index in [1.165, 1.54) is 57.8 Å². The van der Waals surface area contributed by atoms with Crippen LogP contribution in [-0.4, -0.2) is 152 Å². The fraction of sp³-hybridized carbons (Fsp3) is 0.794. The summed E-state index contributed by atoms with van der Waals surface area (Å²) in [6, 6.07) is 0. The summed E-state index contributed by atoms with van der Waals surface area (Å²) in [4.78, 5) is 56.1. The van der Waals surface area contributed by atoms with E-state index in [0.717, 1.165) is 35.5 Å². The van der Waals surface area contributed by atoms with E-state index < -0.39 is 74.5 Å². The van der Waals surface area contributed by atoms with Crippen LogP contribution >= 0.6 is 0 Å². The Morgan fingerprint density at radius 2 is 1.12 bits per heavy atom. The highest BCUT2D eigenvalue weighted by Gasteiger charge is 2.39. The van der Waals surface area contributed by atoms with E-state index in [1.54, 1.807) is 0 Å². The molecular formula is C34H60N2O14. The fourth-order valence-corrected chi connectivity index (χ4v) is 5.13. The quantitative estimate of drug-likeness (QED) is 0.0331. The number of aliphatic hydroxyl groups excluding tert-OH is 3. The molecule has 1 heterocycles. The molecule has 0 unspecified atom stereocenters. The Morgan fingerprint density at radius 3 is 1.52 bits per heavy atom. The molecule has 0 amide bonds. The molecule has 4 atom stereocenters. The highest BCUT2D eigenvalue weighted by atomic mass is 16.6. The van der Waals surface area contributed by atoms with Crippen molar-refractivity contribution in [3.05, 3.63) is 12.2 Å². The van der Waals surface area contributed by atoms with E-state index in [9.17, 15) is 39.3 Å². The van der Waals surface area contributed by atoms with Gasteiger partial charge in [0.15, 0.2) is 0 Å². The van der Waals surface area contributed by atoms with E-state index >= 15 is 0 Å². The van der Waals surface area contributed by atoms with Gasteiger partial charge in [-0.05, 0) is 32.1 Å². The number of ether oxygens (including phenoxy) is 2. The molecule has 0 saturated carbocycles. The normalized spacial score (nSPS) is 17.8. The number of carbonyl (C=O) groups excluding carboxylic acids is 1. The Kier molecular flexibility index (Phi) is 27.7. The van der Waals surface area contributed by atoms with Crippen LogP contribution in [0.1, 0.15) is 96.8 Å². The van der Waals surface area contributed by atoms with Crippen LogP contribution in [-0.2, 0) is 33.4 Å². The number of carboxylic acid groups (broad SMARTS) is 4. The van der Waals surface area contributed by atoms with Gasteiger partial charge in [0, 0.05) is 19.5 Å². The van der Waals surface area contributed by atoms with E-state index in [0.29, 0.717) is 6.42 Å². The molecule has 0 bridgehead atoms. The smallest absolute Gasteiger partial charge is 0.317 e. The second-order valence-electron chi connectivity index (χ2n) is 12.4. The van der Waals surface area contributed by atoms with E-state index in [-0.39, 0.29) is 32.3 Å². The maximum atomic E-state index is 11.7. The summed E-state index contributed by atoms with van der Waals surface area (Å²) >= 11 is 0. The number of hydrogen-bond acceptors (Lipinski definition) is 12. The summed E-state index contributed by atoms with van der Waals surface area (Å²) in [6.07, 6.45) is 16.5. The van der Waals surface area contributed by atoms with Crippen molar-refractivity contribution < 1.29 is 69.2 Å². The first-order valence-electron chi connectivity index (χ1n) is 17.5. The van der Waals surface area contributed by atoms with Gasteiger partial charge in [-0.25, -0.2) is 0 Å². The van der Waals surface area contributed by atoms with Crippen molar-refractivity contribution in [3.8, 4) is 0 Å². The molecule has 0 spiro atoms. The van der Waals surface area contributed by atoms with Crippen LogP contribution in [0.4, 0.5) is 0 Å². The molecule has 0 aromatic rings. The molecule has 1 aliphatic rings. The number of allylic oxidation sites excluding steroid dienone is 2. The van der Waals surface area contributed by atoms with E-state index in [2.05, 4.69) is 19.1 Å². The molecule has 290 valence electrons. The molecule has 16 heteroatoms. The number of hydrogen-bond donors (Lipinski definition) is 7. The topological polar surface area (TPSA) is 252 Å². The second-order valence-corrected chi connectivity index (χ2v) is 12.4. The monoisotopic (exact) mass is 720 g/mol. The van der Waals surface area contributed by atoms with Crippen LogP contribution < -0.4 is 0 Å². The SMILES string of the molecule is CCCCCCCC/C=C\CCCCCCCC(=O)OC[C@@H](O)[C@H]1OC[C@H](O)[C@H]1O.O=C(O)CN(CCN(CC(=O)O)CC(=O)O)CC(=O)O. The Hall–Kier alpha value is -3.15. The van der Waals surface area contributed by atoms with Crippen LogP contribution in [0.15, 0.2) is 12.2 Å². The van der Waals surface area contributed by atoms with Gasteiger partial charge in [0.1, 0.15) is 31.0 Å². The van der Waals surface area contributed by atoms with Crippen molar-refractivity contribution in [2.75, 3.05) is 52.5 Å². The van der Waals surface area contributed by atoms with Crippen molar-refractivity contribution in [1.82, 2.24) is 9.80 Å². The van der Waals surface area contributed by atoms with E-state index in [4.69, 9.17) is 29.9 Å². The summed E-state index contributed by atoms with van der Waals surface area (Å²) in [5.74, 6) is -5.26. The number of nitrogens with zero attached hydrogens (tertiary/aromatic N) is 2. The van der Waals surface area contributed by atoms with Gasteiger partial charge in [-0.3, -0.25) is 33.8 Å². The summed E-state index contributed by atoms with van der Waals surface area (Å²) in [5.41, 5.74) is 0. The largest absolute Gasteiger partial charge is 0.480 e. The molecule has 1 aliphatic heterocycles. The van der Waals surface area contributed by atoms with Gasteiger partial charge in [0.05, 0.1) is 32.8 Å². The minimum atomic E-state index is -1.23. The lowest BCUT2D eigenvalue weighted by atomic mass is 10.1. The van der Waals surface area contributed by atoms with Crippen molar-refractivity contribution in [2.24, 2.45) is 0 Å². The predicted molar refractivity (Wildman–Crippen MR) is 182 cm³/mol. The molecule has 0 aromatic carbocycles. The van der Waals surface area contributed by atoms with Crippen molar-refractivity contribution in [1.29, 1.82) is 0 Å². The number of aliphatic hydroxyl groups is 3. The van der Waals surface area contributed by atoms with Crippen LogP contribution in [0.25, 0.3) is 0 Å². The zero-order valence-corrected chi connectivity index (χ0v) is 29.4.